The lowest BCUT2D eigenvalue weighted by atomic mass is 10.4. The molecule has 10 heteroatoms. The van der Waals surface area contributed by atoms with Crippen LogP contribution in [0.3, 0.4) is 0 Å². The van der Waals surface area contributed by atoms with Gasteiger partial charge in [-0.15, -0.1) is 5.10 Å². The molecule has 1 saturated heterocycles. The molecule has 2 heterocycles. The third kappa shape index (κ3) is 3.81. The van der Waals surface area contributed by atoms with E-state index in [0.717, 1.165) is 25.9 Å². The van der Waals surface area contributed by atoms with E-state index in [-0.39, 0.29) is 18.1 Å². The highest BCUT2D eigenvalue weighted by molar-refractivity contribution is 7.90. The van der Waals surface area contributed by atoms with Gasteiger partial charge in [0.25, 0.3) is 5.91 Å². The summed E-state index contributed by atoms with van der Waals surface area (Å²) < 4.78 is 26.4. The standard InChI is InChI=1S/C12H19N5O4S/c1-9(2)22(20,21)14-12(19)10-7-17(15-13-10)8-11(18)16-5-3-4-6-16/h7,9H,3-6,8H2,1-2H3,(H,14,19). The molecule has 0 bridgehead atoms. The van der Waals surface area contributed by atoms with Gasteiger partial charge in [0.1, 0.15) is 6.54 Å². The molecular formula is C12H19N5O4S. The summed E-state index contributed by atoms with van der Waals surface area (Å²) in [5, 5.41) is 6.56. The van der Waals surface area contributed by atoms with Gasteiger partial charge in [-0.3, -0.25) is 9.59 Å². The summed E-state index contributed by atoms with van der Waals surface area (Å²) in [6.45, 7) is 4.36. The maximum atomic E-state index is 12.0. The summed E-state index contributed by atoms with van der Waals surface area (Å²) >= 11 is 0. The first-order valence-corrected chi connectivity index (χ1v) is 8.58. The number of amides is 2. The number of likely N-dealkylation sites (tertiary alicyclic amines) is 1. The van der Waals surface area contributed by atoms with Crippen molar-refractivity contribution in [3.05, 3.63) is 11.9 Å². The van der Waals surface area contributed by atoms with E-state index in [9.17, 15) is 18.0 Å². The molecule has 1 aromatic heterocycles. The molecule has 1 fully saturated rings. The molecule has 22 heavy (non-hydrogen) atoms. The monoisotopic (exact) mass is 329 g/mol. The summed E-state index contributed by atoms with van der Waals surface area (Å²) in [6, 6.07) is 0. The van der Waals surface area contributed by atoms with Crippen LogP contribution in [0.5, 0.6) is 0 Å². The first kappa shape index (κ1) is 16.4. The largest absolute Gasteiger partial charge is 0.341 e. The molecule has 0 spiro atoms. The SMILES string of the molecule is CC(C)S(=O)(=O)NC(=O)c1cn(CC(=O)N2CCCC2)nn1. The van der Waals surface area contributed by atoms with Crippen molar-refractivity contribution in [1.82, 2.24) is 24.6 Å². The zero-order valence-corrected chi connectivity index (χ0v) is 13.3. The van der Waals surface area contributed by atoms with E-state index in [1.165, 1.54) is 24.7 Å². The fourth-order valence-electron chi connectivity index (χ4n) is 1.98. The number of nitrogens with zero attached hydrogens (tertiary/aromatic N) is 4. The van der Waals surface area contributed by atoms with Gasteiger partial charge in [0.05, 0.1) is 11.4 Å². The minimum atomic E-state index is -3.72. The summed E-state index contributed by atoms with van der Waals surface area (Å²) in [5.74, 6) is -0.947. The van der Waals surface area contributed by atoms with Crippen LogP contribution in [0, 0.1) is 0 Å². The van der Waals surface area contributed by atoms with Crippen molar-refractivity contribution in [2.75, 3.05) is 13.1 Å². The van der Waals surface area contributed by atoms with Gasteiger partial charge in [-0.2, -0.15) is 0 Å². The van der Waals surface area contributed by atoms with E-state index < -0.39 is 21.2 Å². The first-order valence-electron chi connectivity index (χ1n) is 7.03. The predicted molar refractivity (Wildman–Crippen MR) is 77.4 cm³/mol. The van der Waals surface area contributed by atoms with Crippen molar-refractivity contribution in [2.24, 2.45) is 0 Å². The van der Waals surface area contributed by atoms with E-state index in [2.05, 4.69) is 10.3 Å². The molecular weight excluding hydrogens is 310 g/mol. The summed E-state index contributed by atoms with van der Waals surface area (Å²) in [4.78, 5) is 25.5. The smallest absolute Gasteiger partial charge is 0.286 e. The average molecular weight is 329 g/mol. The third-order valence-corrected chi connectivity index (χ3v) is 5.09. The van der Waals surface area contributed by atoms with Crippen molar-refractivity contribution in [1.29, 1.82) is 0 Å². The molecule has 0 atom stereocenters. The van der Waals surface area contributed by atoms with Gasteiger partial charge in [0.15, 0.2) is 5.69 Å². The average Bonchev–Trinajstić information content (AvgIpc) is 3.08. The lowest BCUT2D eigenvalue weighted by molar-refractivity contribution is -0.130. The number of hydrogen-bond donors (Lipinski definition) is 1. The highest BCUT2D eigenvalue weighted by Crippen LogP contribution is 2.08. The van der Waals surface area contributed by atoms with E-state index in [0.29, 0.717) is 0 Å². The van der Waals surface area contributed by atoms with Gasteiger partial charge in [-0.25, -0.2) is 17.8 Å². The van der Waals surface area contributed by atoms with E-state index >= 15 is 0 Å². The van der Waals surface area contributed by atoms with Gasteiger partial charge < -0.3 is 4.90 Å². The zero-order valence-electron chi connectivity index (χ0n) is 12.5. The predicted octanol–water partition coefficient (Wildman–Crippen LogP) is -0.631. The van der Waals surface area contributed by atoms with Crippen molar-refractivity contribution in [2.45, 2.75) is 38.5 Å². The van der Waals surface area contributed by atoms with Crippen LogP contribution < -0.4 is 4.72 Å². The van der Waals surface area contributed by atoms with Gasteiger partial charge in [0.2, 0.25) is 15.9 Å². The molecule has 0 saturated carbocycles. The van der Waals surface area contributed by atoms with Crippen LogP contribution in [-0.4, -0.2) is 58.5 Å². The number of hydrogen-bond acceptors (Lipinski definition) is 6. The van der Waals surface area contributed by atoms with Crippen LogP contribution in [0.1, 0.15) is 37.2 Å². The Morgan fingerprint density at radius 1 is 1.32 bits per heavy atom. The Hall–Kier alpha value is -1.97. The molecule has 2 rings (SSSR count). The normalized spacial score (nSPS) is 15.3. The Labute approximate surface area is 128 Å². The number of carbonyl (C=O) groups is 2. The summed E-state index contributed by atoms with van der Waals surface area (Å²) in [7, 11) is -3.72. The molecule has 0 aliphatic carbocycles. The molecule has 1 aromatic rings. The first-order chi connectivity index (χ1) is 10.3. The fourth-order valence-corrected chi connectivity index (χ4v) is 2.58. The molecule has 9 nitrogen and oxygen atoms in total. The number of rotatable bonds is 5. The van der Waals surface area contributed by atoms with Gasteiger partial charge in [-0.05, 0) is 26.7 Å². The minimum absolute atomic E-state index is 0.0167. The highest BCUT2D eigenvalue weighted by atomic mass is 32.2. The van der Waals surface area contributed by atoms with Gasteiger partial charge in [0, 0.05) is 13.1 Å². The Morgan fingerprint density at radius 3 is 2.55 bits per heavy atom. The molecule has 1 aliphatic rings. The third-order valence-electron chi connectivity index (χ3n) is 3.38. The van der Waals surface area contributed by atoms with Crippen molar-refractivity contribution in [3.8, 4) is 0 Å². The Bertz CT molecular complexity index is 661. The number of sulfonamides is 1. The minimum Gasteiger partial charge on any atom is -0.341 e. The van der Waals surface area contributed by atoms with Crippen LogP contribution in [0.15, 0.2) is 6.20 Å². The van der Waals surface area contributed by atoms with Crippen molar-refractivity contribution in [3.63, 3.8) is 0 Å². The highest BCUT2D eigenvalue weighted by Gasteiger charge is 2.23. The summed E-state index contributed by atoms with van der Waals surface area (Å²) in [5.41, 5.74) is -0.140. The maximum absolute atomic E-state index is 12.0. The van der Waals surface area contributed by atoms with Crippen LogP contribution in [0.4, 0.5) is 0 Å². The molecule has 0 unspecified atom stereocenters. The quantitative estimate of drug-likeness (QED) is 0.769. The molecule has 1 N–H and O–H groups in total. The second-order valence-corrected chi connectivity index (χ2v) is 7.65. The van der Waals surface area contributed by atoms with E-state index in [1.54, 1.807) is 4.90 Å². The second kappa shape index (κ2) is 6.42. The Kier molecular flexibility index (Phi) is 4.79. The maximum Gasteiger partial charge on any atom is 0.286 e. The lowest BCUT2D eigenvalue weighted by Crippen LogP contribution is -2.36. The van der Waals surface area contributed by atoms with Crippen molar-refractivity contribution < 1.29 is 18.0 Å². The molecule has 0 aromatic carbocycles. The van der Waals surface area contributed by atoms with Crippen LogP contribution in [0.2, 0.25) is 0 Å². The van der Waals surface area contributed by atoms with E-state index in [1.807, 2.05) is 4.72 Å². The molecule has 2 amide bonds. The van der Waals surface area contributed by atoms with E-state index in [4.69, 9.17) is 0 Å². The molecule has 1 aliphatic heterocycles. The van der Waals surface area contributed by atoms with Gasteiger partial charge >= 0.3 is 0 Å². The van der Waals surface area contributed by atoms with Crippen molar-refractivity contribution >= 4 is 21.8 Å². The molecule has 0 radical (unpaired) electrons. The number of carbonyl (C=O) groups excluding carboxylic acids is 2. The number of aromatic nitrogens is 3. The second-order valence-electron chi connectivity index (χ2n) is 5.41. The number of nitrogens with one attached hydrogen (secondary N) is 1. The Balaban J connectivity index is 1.99. The lowest BCUT2D eigenvalue weighted by Gasteiger charge is -2.14. The van der Waals surface area contributed by atoms with Gasteiger partial charge in [-0.1, -0.05) is 5.21 Å². The van der Waals surface area contributed by atoms with Crippen LogP contribution in [-0.2, 0) is 21.4 Å². The van der Waals surface area contributed by atoms with Crippen LogP contribution in [0.25, 0.3) is 0 Å². The summed E-state index contributed by atoms with van der Waals surface area (Å²) in [6.07, 6.45) is 3.24. The fraction of sp³-hybridized carbons (Fsp3) is 0.667. The van der Waals surface area contributed by atoms with Crippen LogP contribution >= 0.6 is 0 Å². The topological polar surface area (TPSA) is 114 Å². The zero-order chi connectivity index (χ0) is 16.3. The Morgan fingerprint density at radius 2 is 1.95 bits per heavy atom. The molecule has 122 valence electrons.